The highest BCUT2D eigenvalue weighted by Gasteiger charge is 2.52. The minimum absolute atomic E-state index is 0.0124. The van der Waals surface area contributed by atoms with Crippen LogP contribution in [0, 0.1) is 17.3 Å². The van der Waals surface area contributed by atoms with Gasteiger partial charge in [0.2, 0.25) is 5.91 Å². The maximum absolute atomic E-state index is 12.4. The fourth-order valence-electron chi connectivity index (χ4n) is 3.17. The van der Waals surface area contributed by atoms with Crippen LogP contribution >= 0.6 is 0 Å². The van der Waals surface area contributed by atoms with Crippen LogP contribution in [0.4, 0.5) is 0 Å². The molecule has 2 saturated heterocycles. The molecule has 0 aromatic rings. The summed E-state index contributed by atoms with van der Waals surface area (Å²) in [5.41, 5.74) is -0.248. The Balaban J connectivity index is 2.22. The van der Waals surface area contributed by atoms with Crippen molar-refractivity contribution in [1.82, 2.24) is 10.2 Å². The van der Waals surface area contributed by atoms with E-state index in [1.807, 2.05) is 20.8 Å². The van der Waals surface area contributed by atoms with Crippen molar-refractivity contribution < 1.29 is 4.79 Å². The first-order chi connectivity index (χ1) is 7.24. The Morgan fingerprint density at radius 1 is 1.31 bits per heavy atom. The molecule has 92 valence electrons. The Kier molecular flexibility index (Phi) is 2.57. The highest BCUT2D eigenvalue weighted by Crippen LogP contribution is 2.42. The van der Waals surface area contributed by atoms with Gasteiger partial charge in [0.25, 0.3) is 0 Å². The van der Waals surface area contributed by atoms with E-state index >= 15 is 0 Å². The van der Waals surface area contributed by atoms with Crippen LogP contribution in [0.1, 0.15) is 34.6 Å². The molecular weight excluding hydrogens is 200 g/mol. The lowest BCUT2D eigenvalue weighted by Crippen LogP contribution is -2.51. The monoisotopic (exact) mass is 224 g/mol. The van der Waals surface area contributed by atoms with Gasteiger partial charge >= 0.3 is 0 Å². The lowest BCUT2D eigenvalue weighted by molar-refractivity contribution is -0.143. The third-order valence-corrected chi connectivity index (χ3v) is 4.25. The number of hydrogen-bond donors (Lipinski definition) is 1. The molecule has 3 heteroatoms. The predicted molar refractivity (Wildman–Crippen MR) is 65.1 cm³/mol. The first kappa shape index (κ1) is 11.9. The average Bonchev–Trinajstić information content (AvgIpc) is 2.66. The number of amides is 1. The molecule has 2 aliphatic heterocycles. The van der Waals surface area contributed by atoms with Gasteiger partial charge in [0.05, 0.1) is 0 Å². The van der Waals surface area contributed by atoms with Crippen LogP contribution in [-0.2, 0) is 4.79 Å². The number of likely N-dealkylation sites (tertiary alicyclic amines) is 1. The molecule has 2 aliphatic rings. The topological polar surface area (TPSA) is 32.3 Å². The molecule has 3 nitrogen and oxygen atoms in total. The van der Waals surface area contributed by atoms with Crippen LogP contribution < -0.4 is 5.32 Å². The van der Waals surface area contributed by atoms with Gasteiger partial charge < -0.3 is 10.2 Å². The molecule has 0 aromatic carbocycles. The summed E-state index contributed by atoms with van der Waals surface area (Å²) in [6, 6.07) is 0. The van der Waals surface area contributed by atoms with Crippen LogP contribution in [0.2, 0.25) is 0 Å². The molecule has 2 heterocycles. The smallest absolute Gasteiger partial charge is 0.228 e. The zero-order chi connectivity index (χ0) is 12.1. The molecule has 1 N–H and O–H groups in total. The van der Waals surface area contributed by atoms with Gasteiger partial charge in [-0.1, -0.05) is 20.8 Å². The quantitative estimate of drug-likeness (QED) is 0.676. The van der Waals surface area contributed by atoms with Crippen molar-refractivity contribution in [3.05, 3.63) is 0 Å². The van der Waals surface area contributed by atoms with Gasteiger partial charge in [0.15, 0.2) is 0 Å². The van der Waals surface area contributed by atoms with E-state index in [9.17, 15) is 4.79 Å². The Morgan fingerprint density at radius 2 is 1.94 bits per heavy atom. The van der Waals surface area contributed by atoms with E-state index in [2.05, 4.69) is 24.1 Å². The van der Waals surface area contributed by atoms with Crippen molar-refractivity contribution in [3.63, 3.8) is 0 Å². The van der Waals surface area contributed by atoms with Gasteiger partial charge in [-0.15, -0.1) is 0 Å². The van der Waals surface area contributed by atoms with Gasteiger partial charge in [0.1, 0.15) is 0 Å². The molecule has 1 amide bonds. The highest BCUT2D eigenvalue weighted by atomic mass is 16.2. The van der Waals surface area contributed by atoms with Crippen molar-refractivity contribution in [3.8, 4) is 0 Å². The highest BCUT2D eigenvalue weighted by molar-refractivity contribution is 5.82. The Hall–Kier alpha value is -0.570. The van der Waals surface area contributed by atoms with Crippen molar-refractivity contribution in [1.29, 1.82) is 0 Å². The first-order valence-corrected chi connectivity index (χ1v) is 6.27. The molecule has 2 unspecified atom stereocenters. The largest absolute Gasteiger partial charge is 0.336 e. The predicted octanol–water partition coefficient (Wildman–Crippen LogP) is 1.49. The summed E-state index contributed by atoms with van der Waals surface area (Å²) < 4.78 is 0. The molecule has 2 fully saturated rings. The summed E-state index contributed by atoms with van der Waals surface area (Å²) >= 11 is 0. The zero-order valence-corrected chi connectivity index (χ0v) is 11.1. The van der Waals surface area contributed by atoms with E-state index in [4.69, 9.17) is 0 Å². The van der Waals surface area contributed by atoms with Crippen molar-refractivity contribution in [2.75, 3.05) is 19.6 Å². The van der Waals surface area contributed by atoms with E-state index in [0.29, 0.717) is 17.7 Å². The third-order valence-electron chi connectivity index (χ3n) is 4.25. The fraction of sp³-hybridized carbons (Fsp3) is 0.923. The van der Waals surface area contributed by atoms with Crippen LogP contribution in [0.25, 0.3) is 0 Å². The lowest BCUT2D eigenvalue weighted by Gasteiger charge is -2.39. The van der Waals surface area contributed by atoms with Crippen LogP contribution in [0.15, 0.2) is 0 Å². The second-order valence-corrected chi connectivity index (χ2v) is 6.84. The summed E-state index contributed by atoms with van der Waals surface area (Å²) in [7, 11) is 0. The maximum atomic E-state index is 12.4. The molecular formula is C13H24N2O. The molecule has 0 radical (unpaired) electrons. The Morgan fingerprint density at radius 3 is 2.44 bits per heavy atom. The standard InChI is InChI=1S/C13H24N2O/c1-12(2,3)11(16)15-8-9-6-14-7-10(9)13(15,4)5/h9-10,14H,6-8H2,1-5H3. The number of fused-ring (bicyclic) bond motifs is 1. The fourth-order valence-corrected chi connectivity index (χ4v) is 3.17. The van der Waals surface area contributed by atoms with E-state index in [0.717, 1.165) is 19.6 Å². The Bertz CT molecular complexity index is 304. The summed E-state index contributed by atoms with van der Waals surface area (Å²) in [6.45, 7) is 13.5. The summed E-state index contributed by atoms with van der Waals surface area (Å²) in [5, 5.41) is 3.44. The van der Waals surface area contributed by atoms with Crippen molar-refractivity contribution >= 4 is 5.91 Å². The second-order valence-electron chi connectivity index (χ2n) is 6.84. The van der Waals surface area contributed by atoms with Gasteiger partial charge in [-0.2, -0.15) is 0 Å². The van der Waals surface area contributed by atoms with Crippen LogP contribution in [-0.4, -0.2) is 36.0 Å². The number of carbonyl (C=O) groups excluding carboxylic acids is 1. The normalized spacial score (nSPS) is 32.9. The number of nitrogens with one attached hydrogen (secondary N) is 1. The third kappa shape index (κ3) is 1.65. The number of carbonyl (C=O) groups is 1. The van der Waals surface area contributed by atoms with Gasteiger partial charge in [0, 0.05) is 30.6 Å². The average molecular weight is 224 g/mol. The SMILES string of the molecule is CC(C)(C)C(=O)N1CC2CNCC2C1(C)C. The minimum atomic E-state index is -0.261. The van der Waals surface area contributed by atoms with Gasteiger partial charge in [-0.3, -0.25) is 4.79 Å². The number of hydrogen-bond acceptors (Lipinski definition) is 2. The molecule has 0 aromatic heterocycles. The summed E-state index contributed by atoms with van der Waals surface area (Å²) in [4.78, 5) is 14.5. The molecule has 16 heavy (non-hydrogen) atoms. The molecule has 0 saturated carbocycles. The Labute approximate surface area is 98.6 Å². The van der Waals surface area contributed by atoms with E-state index in [-0.39, 0.29) is 11.0 Å². The van der Waals surface area contributed by atoms with E-state index in [1.165, 1.54) is 0 Å². The maximum Gasteiger partial charge on any atom is 0.228 e. The first-order valence-electron chi connectivity index (χ1n) is 6.27. The van der Waals surface area contributed by atoms with Crippen molar-refractivity contribution in [2.45, 2.75) is 40.2 Å². The molecule has 2 rings (SSSR count). The van der Waals surface area contributed by atoms with E-state index < -0.39 is 0 Å². The minimum Gasteiger partial charge on any atom is -0.336 e. The molecule has 0 spiro atoms. The summed E-state index contributed by atoms with van der Waals surface area (Å²) in [6.07, 6.45) is 0. The molecule has 2 atom stereocenters. The molecule has 0 aliphatic carbocycles. The number of rotatable bonds is 0. The van der Waals surface area contributed by atoms with Crippen LogP contribution in [0.3, 0.4) is 0 Å². The van der Waals surface area contributed by atoms with Gasteiger partial charge in [-0.25, -0.2) is 0 Å². The second kappa shape index (κ2) is 3.46. The molecule has 0 bridgehead atoms. The zero-order valence-electron chi connectivity index (χ0n) is 11.1. The number of nitrogens with zero attached hydrogens (tertiary/aromatic N) is 1. The van der Waals surface area contributed by atoms with Crippen molar-refractivity contribution in [2.24, 2.45) is 17.3 Å². The van der Waals surface area contributed by atoms with Crippen LogP contribution in [0.5, 0.6) is 0 Å². The van der Waals surface area contributed by atoms with Gasteiger partial charge in [-0.05, 0) is 25.7 Å². The summed E-state index contributed by atoms with van der Waals surface area (Å²) in [5.74, 6) is 1.58. The lowest BCUT2D eigenvalue weighted by atomic mass is 9.84. The van der Waals surface area contributed by atoms with E-state index in [1.54, 1.807) is 0 Å².